The van der Waals surface area contributed by atoms with Gasteiger partial charge in [0.2, 0.25) is 0 Å². The molecule has 3 N–H and O–H groups in total. The Morgan fingerprint density at radius 2 is 2.03 bits per heavy atom. The van der Waals surface area contributed by atoms with E-state index in [4.69, 9.17) is 33.7 Å². The molecule has 0 saturated carbocycles. The number of aromatic nitrogens is 6. The zero-order valence-electron chi connectivity index (χ0n) is 15.5. The molecule has 0 amide bonds. The number of nitrogens with zero attached hydrogens (tertiary/aromatic N) is 5. The summed E-state index contributed by atoms with van der Waals surface area (Å²) >= 11 is 12.6. The van der Waals surface area contributed by atoms with Gasteiger partial charge in [-0.15, -0.1) is 5.10 Å². The van der Waals surface area contributed by atoms with E-state index in [2.05, 4.69) is 25.5 Å². The lowest BCUT2D eigenvalue weighted by molar-refractivity contribution is 0.486. The minimum atomic E-state index is 0.345. The lowest BCUT2D eigenvalue weighted by Gasteiger charge is -2.10. The third-order valence-electron chi connectivity index (χ3n) is 4.69. The number of ether oxygens (including phenoxy) is 1. The Morgan fingerprint density at radius 1 is 1.13 bits per heavy atom. The van der Waals surface area contributed by atoms with Gasteiger partial charge in [-0.25, -0.2) is 9.67 Å². The molecule has 0 aliphatic rings. The molecule has 0 aliphatic heterocycles. The molecule has 150 valence electrons. The van der Waals surface area contributed by atoms with Gasteiger partial charge in [-0.2, -0.15) is 5.10 Å². The summed E-state index contributed by atoms with van der Waals surface area (Å²) in [6, 6.07) is 12.7. The molecule has 30 heavy (non-hydrogen) atoms. The number of H-pyrrole nitrogens is 1. The molecule has 0 saturated heterocycles. The number of hydrogen-bond donors (Lipinski definition) is 2. The Hall–Kier alpha value is -3.20. The van der Waals surface area contributed by atoms with E-state index >= 15 is 0 Å². The second kappa shape index (κ2) is 7.56. The Bertz CT molecular complexity index is 1380. The topological polar surface area (TPSA) is 108 Å². The molecular formula is C20H15Cl2N7O. The van der Waals surface area contributed by atoms with Crippen LogP contribution in [-0.2, 0) is 13.1 Å². The summed E-state index contributed by atoms with van der Waals surface area (Å²) in [5, 5.41) is 17.7. The largest absolute Gasteiger partial charge is 0.453 e. The SMILES string of the molecule is NCc1cc(Cl)cc(Oc2c(Cl)ccc3c2nnn3Cc2n[nH]c3ncccc23)c1. The van der Waals surface area contributed by atoms with Crippen LogP contribution in [0.3, 0.4) is 0 Å². The minimum Gasteiger partial charge on any atom is -0.453 e. The van der Waals surface area contributed by atoms with Gasteiger partial charge in [0.05, 0.1) is 22.8 Å². The number of pyridine rings is 1. The van der Waals surface area contributed by atoms with Crippen LogP contribution in [0.2, 0.25) is 10.0 Å². The molecule has 0 bridgehead atoms. The average molecular weight is 440 g/mol. The molecule has 0 unspecified atom stereocenters. The number of halogens is 2. The van der Waals surface area contributed by atoms with Crippen molar-refractivity contribution in [2.24, 2.45) is 5.73 Å². The van der Waals surface area contributed by atoms with E-state index in [-0.39, 0.29) is 0 Å². The van der Waals surface area contributed by atoms with Crippen LogP contribution >= 0.6 is 23.2 Å². The maximum Gasteiger partial charge on any atom is 0.175 e. The van der Waals surface area contributed by atoms with Gasteiger partial charge in [-0.05, 0) is 48.0 Å². The highest BCUT2D eigenvalue weighted by molar-refractivity contribution is 6.33. The molecule has 0 spiro atoms. The summed E-state index contributed by atoms with van der Waals surface area (Å²) in [6.07, 6.45) is 1.71. The fraction of sp³-hybridized carbons (Fsp3) is 0.100. The van der Waals surface area contributed by atoms with Crippen LogP contribution in [0, 0.1) is 0 Å². The highest BCUT2D eigenvalue weighted by atomic mass is 35.5. The van der Waals surface area contributed by atoms with Crippen molar-refractivity contribution >= 4 is 45.3 Å². The summed E-state index contributed by atoms with van der Waals surface area (Å²) in [6.45, 7) is 0.759. The first kappa shape index (κ1) is 18.8. The van der Waals surface area contributed by atoms with Crippen LogP contribution in [0.1, 0.15) is 11.3 Å². The number of nitrogens with two attached hydrogens (primary N) is 1. The molecule has 10 heteroatoms. The zero-order valence-corrected chi connectivity index (χ0v) is 17.0. The molecule has 5 aromatic rings. The molecule has 3 aromatic heterocycles. The maximum atomic E-state index is 6.41. The third kappa shape index (κ3) is 3.35. The number of aromatic amines is 1. The van der Waals surface area contributed by atoms with Gasteiger partial charge < -0.3 is 10.5 Å². The summed E-state index contributed by atoms with van der Waals surface area (Å²) in [5.74, 6) is 0.926. The number of benzene rings is 2. The standard InChI is InChI=1S/C20H15Cl2N7O/c21-12-6-11(9-23)7-13(8-12)30-19-15(22)3-4-17-18(19)26-28-29(17)10-16-14-2-1-5-24-20(14)27-25-16/h1-8H,9-10,23H2,(H,24,25,27). The lowest BCUT2D eigenvalue weighted by Crippen LogP contribution is -2.02. The van der Waals surface area contributed by atoms with Crippen molar-refractivity contribution in [2.45, 2.75) is 13.1 Å². The van der Waals surface area contributed by atoms with Gasteiger partial charge in [-0.3, -0.25) is 5.10 Å². The first-order valence-corrected chi connectivity index (χ1v) is 9.85. The maximum absolute atomic E-state index is 6.41. The van der Waals surface area contributed by atoms with Crippen molar-refractivity contribution in [2.75, 3.05) is 0 Å². The second-order valence-corrected chi connectivity index (χ2v) is 7.51. The van der Waals surface area contributed by atoms with E-state index in [0.717, 1.165) is 27.8 Å². The van der Waals surface area contributed by atoms with Crippen molar-refractivity contribution < 1.29 is 4.74 Å². The molecule has 2 aromatic carbocycles. The van der Waals surface area contributed by atoms with Crippen molar-refractivity contribution in [3.8, 4) is 11.5 Å². The highest BCUT2D eigenvalue weighted by Gasteiger charge is 2.17. The van der Waals surface area contributed by atoms with E-state index in [0.29, 0.717) is 40.2 Å². The number of rotatable bonds is 5. The Kier molecular flexibility index (Phi) is 4.74. The zero-order chi connectivity index (χ0) is 20.7. The number of fused-ring (bicyclic) bond motifs is 2. The van der Waals surface area contributed by atoms with Crippen molar-refractivity contribution in [1.29, 1.82) is 0 Å². The summed E-state index contributed by atoms with van der Waals surface area (Å²) in [4.78, 5) is 4.27. The van der Waals surface area contributed by atoms with Crippen LogP contribution in [0.25, 0.3) is 22.1 Å². The second-order valence-electron chi connectivity index (χ2n) is 6.66. The van der Waals surface area contributed by atoms with E-state index in [1.165, 1.54) is 0 Å². The van der Waals surface area contributed by atoms with E-state index in [1.807, 2.05) is 24.3 Å². The summed E-state index contributed by atoms with van der Waals surface area (Å²) in [7, 11) is 0. The molecule has 0 radical (unpaired) electrons. The van der Waals surface area contributed by atoms with Gasteiger partial charge >= 0.3 is 0 Å². The molecule has 0 aliphatic carbocycles. The predicted octanol–water partition coefficient (Wildman–Crippen LogP) is 4.31. The molecule has 3 heterocycles. The quantitative estimate of drug-likeness (QED) is 0.422. The van der Waals surface area contributed by atoms with Crippen LogP contribution < -0.4 is 10.5 Å². The van der Waals surface area contributed by atoms with Crippen LogP contribution in [0.15, 0.2) is 48.7 Å². The Labute approximate surface area is 180 Å². The molecular weight excluding hydrogens is 425 g/mol. The molecule has 8 nitrogen and oxygen atoms in total. The van der Waals surface area contributed by atoms with Crippen molar-refractivity contribution in [3.05, 3.63) is 70.0 Å². The van der Waals surface area contributed by atoms with Gasteiger partial charge in [0.25, 0.3) is 0 Å². The minimum absolute atomic E-state index is 0.345. The third-order valence-corrected chi connectivity index (χ3v) is 5.21. The van der Waals surface area contributed by atoms with Gasteiger partial charge in [0.1, 0.15) is 5.75 Å². The number of hydrogen-bond acceptors (Lipinski definition) is 6. The molecule has 5 rings (SSSR count). The molecule has 0 atom stereocenters. The molecule has 0 fully saturated rings. The van der Waals surface area contributed by atoms with E-state index in [1.54, 1.807) is 29.1 Å². The van der Waals surface area contributed by atoms with E-state index < -0.39 is 0 Å². The Balaban J connectivity index is 1.54. The van der Waals surface area contributed by atoms with Gasteiger partial charge in [0, 0.05) is 23.2 Å². The number of nitrogens with one attached hydrogen (secondary N) is 1. The summed E-state index contributed by atoms with van der Waals surface area (Å²) < 4.78 is 7.79. The lowest BCUT2D eigenvalue weighted by atomic mass is 10.2. The average Bonchev–Trinajstić information content (AvgIpc) is 3.34. The van der Waals surface area contributed by atoms with Crippen molar-refractivity contribution in [3.63, 3.8) is 0 Å². The van der Waals surface area contributed by atoms with Gasteiger partial charge in [-0.1, -0.05) is 28.4 Å². The fourth-order valence-electron chi connectivity index (χ4n) is 3.29. The van der Waals surface area contributed by atoms with Crippen LogP contribution in [0.5, 0.6) is 11.5 Å². The van der Waals surface area contributed by atoms with Crippen LogP contribution in [0.4, 0.5) is 0 Å². The highest BCUT2D eigenvalue weighted by Crippen LogP contribution is 2.36. The van der Waals surface area contributed by atoms with Crippen molar-refractivity contribution in [1.82, 2.24) is 30.2 Å². The van der Waals surface area contributed by atoms with Crippen LogP contribution in [-0.4, -0.2) is 30.2 Å². The first-order chi connectivity index (χ1) is 14.6. The normalized spacial score (nSPS) is 11.4. The monoisotopic (exact) mass is 439 g/mol. The Morgan fingerprint density at radius 3 is 2.90 bits per heavy atom. The first-order valence-electron chi connectivity index (χ1n) is 9.09. The fourth-order valence-corrected chi connectivity index (χ4v) is 3.73. The predicted molar refractivity (Wildman–Crippen MR) is 115 cm³/mol. The van der Waals surface area contributed by atoms with Gasteiger partial charge in [0.15, 0.2) is 16.9 Å². The van der Waals surface area contributed by atoms with E-state index in [9.17, 15) is 0 Å². The smallest absolute Gasteiger partial charge is 0.175 e. The summed E-state index contributed by atoms with van der Waals surface area (Å²) in [5.41, 5.74) is 9.41.